The van der Waals surface area contributed by atoms with E-state index in [2.05, 4.69) is 5.32 Å². The van der Waals surface area contributed by atoms with Crippen molar-refractivity contribution in [1.82, 2.24) is 0 Å². The Morgan fingerprint density at radius 1 is 1.05 bits per heavy atom. The molecule has 0 saturated heterocycles. The molecule has 22 heavy (non-hydrogen) atoms. The first kappa shape index (κ1) is 14.4. The Labute approximate surface area is 132 Å². The number of anilines is 1. The summed E-state index contributed by atoms with van der Waals surface area (Å²) in [7, 11) is 0. The standard InChI is InChI=1S/C17H13ClN2O2/c18-14-8-9-16(17(10-14)20(21)22)19-11-13-6-3-5-12-4-1-2-7-15(12)13/h1-10,19H,11H2. The van der Waals surface area contributed by atoms with Crippen molar-refractivity contribution in [2.75, 3.05) is 5.32 Å². The van der Waals surface area contributed by atoms with Gasteiger partial charge in [-0.15, -0.1) is 0 Å². The van der Waals surface area contributed by atoms with Gasteiger partial charge < -0.3 is 5.32 Å². The van der Waals surface area contributed by atoms with Gasteiger partial charge in [-0.1, -0.05) is 54.1 Å². The molecule has 110 valence electrons. The zero-order valence-electron chi connectivity index (χ0n) is 11.6. The largest absolute Gasteiger partial charge is 0.375 e. The van der Waals surface area contributed by atoms with Crippen LogP contribution in [0.15, 0.2) is 60.7 Å². The molecule has 0 bridgehead atoms. The second-order valence-electron chi connectivity index (χ2n) is 4.91. The lowest BCUT2D eigenvalue weighted by Gasteiger charge is -2.10. The minimum Gasteiger partial charge on any atom is -0.375 e. The monoisotopic (exact) mass is 312 g/mol. The van der Waals surface area contributed by atoms with E-state index in [0.29, 0.717) is 17.3 Å². The third kappa shape index (κ3) is 2.87. The number of nitrogens with zero attached hydrogens (tertiary/aromatic N) is 1. The van der Waals surface area contributed by atoms with Gasteiger partial charge in [-0.05, 0) is 28.5 Å². The van der Waals surface area contributed by atoms with Gasteiger partial charge in [0, 0.05) is 17.6 Å². The third-order valence-electron chi connectivity index (χ3n) is 3.51. The molecule has 0 aliphatic heterocycles. The van der Waals surface area contributed by atoms with Crippen molar-refractivity contribution in [3.8, 4) is 0 Å². The third-order valence-corrected chi connectivity index (χ3v) is 3.74. The number of nitro benzene ring substituents is 1. The Balaban J connectivity index is 1.90. The van der Waals surface area contributed by atoms with Crippen LogP contribution in [0.4, 0.5) is 11.4 Å². The predicted molar refractivity (Wildman–Crippen MR) is 89.4 cm³/mol. The smallest absolute Gasteiger partial charge is 0.293 e. The first-order chi connectivity index (χ1) is 10.6. The second-order valence-corrected chi connectivity index (χ2v) is 5.35. The van der Waals surface area contributed by atoms with Crippen LogP contribution in [-0.2, 0) is 6.54 Å². The quantitative estimate of drug-likeness (QED) is 0.544. The highest BCUT2D eigenvalue weighted by molar-refractivity contribution is 6.30. The number of benzene rings is 3. The van der Waals surface area contributed by atoms with Crippen molar-refractivity contribution < 1.29 is 4.92 Å². The van der Waals surface area contributed by atoms with E-state index in [-0.39, 0.29) is 5.69 Å². The minimum atomic E-state index is -0.433. The molecule has 0 unspecified atom stereocenters. The van der Waals surface area contributed by atoms with E-state index in [9.17, 15) is 10.1 Å². The predicted octanol–water partition coefficient (Wildman–Crippen LogP) is 5.01. The number of nitrogens with one attached hydrogen (secondary N) is 1. The lowest BCUT2D eigenvalue weighted by Crippen LogP contribution is -2.03. The first-order valence-electron chi connectivity index (χ1n) is 6.79. The summed E-state index contributed by atoms with van der Waals surface area (Å²) in [5.74, 6) is 0. The summed E-state index contributed by atoms with van der Waals surface area (Å²) in [5, 5.41) is 16.9. The summed E-state index contributed by atoms with van der Waals surface area (Å²) in [5.41, 5.74) is 1.53. The zero-order valence-corrected chi connectivity index (χ0v) is 12.4. The fourth-order valence-electron chi connectivity index (χ4n) is 2.44. The molecule has 0 heterocycles. The summed E-state index contributed by atoms with van der Waals surface area (Å²) >= 11 is 5.82. The molecule has 1 N–H and O–H groups in total. The van der Waals surface area contributed by atoms with E-state index in [1.54, 1.807) is 12.1 Å². The number of nitro groups is 1. The number of fused-ring (bicyclic) bond motifs is 1. The van der Waals surface area contributed by atoms with Gasteiger partial charge in [-0.25, -0.2) is 0 Å². The summed E-state index contributed by atoms with van der Waals surface area (Å²) in [6, 6.07) is 18.7. The van der Waals surface area contributed by atoms with Crippen LogP contribution in [0.3, 0.4) is 0 Å². The Bertz CT molecular complexity index is 844. The number of hydrogen-bond acceptors (Lipinski definition) is 3. The lowest BCUT2D eigenvalue weighted by atomic mass is 10.0. The van der Waals surface area contributed by atoms with Gasteiger partial charge in [0.15, 0.2) is 0 Å². The number of halogens is 1. The normalized spacial score (nSPS) is 10.6. The molecule has 0 aromatic heterocycles. The summed E-state index contributed by atoms with van der Waals surface area (Å²) in [6.45, 7) is 0.504. The molecule has 0 spiro atoms. The fourth-order valence-corrected chi connectivity index (χ4v) is 2.61. The van der Waals surface area contributed by atoms with Crippen molar-refractivity contribution in [3.63, 3.8) is 0 Å². The average molecular weight is 313 g/mol. The summed E-state index contributed by atoms with van der Waals surface area (Å²) in [4.78, 5) is 10.7. The van der Waals surface area contributed by atoms with Gasteiger partial charge in [0.2, 0.25) is 0 Å². The van der Waals surface area contributed by atoms with E-state index in [1.165, 1.54) is 6.07 Å². The summed E-state index contributed by atoms with van der Waals surface area (Å²) in [6.07, 6.45) is 0. The molecule has 3 aromatic rings. The molecular weight excluding hydrogens is 300 g/mol. The molecule has 0 atom stereocenters. The summed E-state index contributed by atoms with van der Waals surface area (Å²) < 4.78 is 0. The molecular formula is C17H13ClN2O2. The van der Waals surface area contributed by atoms with Crippen LogP contribution < -0.4 is 5.32 Å². The van der Waals surface area contributed by atoms with Gasteiger partial charge in [0.1, 0.15) is 5.69 Å². The van der Waals surface area contributed by atoms with Gasteiger partial charge in [0.05, 0.1) is 4.92 Å². The van der Waals surface area contributed by atoms with Crippen molar-refractivity contribution in [2.45, 2.75) is 6.54 Å². The van der Waals surface area contributed by atoms with Gasteiger partial charge in [0.25, 0.3) is 5.69 Å². The fraction of sp³-hybridized carbons (Fsp3) is 0.0588. The average Bonchev–Trinajstić information content (AvgIpc) is 2.53. The maximum absolute atomic E-state index is 11.1. The van der Waals surface area contributed by atoms with E-state index in [1.807, 2.05) is 42.5 Å². The van der Waals surface area contributed by atoms with Crippen LogP contribution in [0, 0.1) is 10.1 Å². The Hall–Kier alpha value is -2.59. The molecule has 0 aliphatic carbocycles. The molecule has 0 saturated carbocycles. The number of hydrogen-bond donors (Lipinski definition) is 1. The van der Waals surface area contributed by atoms with Crippen LogP contribution >= 0.6 is 11.6 Å². The second kappa shape index (κ2) is 6.03. The molecule has 3 rings (SSSR count). The SMILES string of the molecule is O=[N+]([O-])c1cc(Cl)ccc1NCc1cccc2ccccc12. The Morgan fingerprint density at radius 2 is 1.82 bits per heavy atom. The minimum absolute atomic E-state index is 0.0206. The maximum Gasteiger partial charge on any atom is 0.293 e. The highest BCUT2D eigenvalue weighted by atomic mass is 35.5. The molecule has 0 aliphatic rings. The molecule has 0 fully saturated rings. The van der Waals surface area contributed by atoms with E-state index in [0.717, 1.165) is 16.3 Å². The van der Waals surface area contributed by atoms with Crippen molar-refractivity contribution >= 4 is 33.7 Å². The van der Waals surface area contributed by atoms with Crippen LogP contribution in [0.2, 0.25) is 5.02 Å². The van der Waals surface area contributed by atoms with Gasteiger partial charge in [-0.2, -0.15) is 0 Å². The molecule has 3 aromatic carbocycles. The maximum atomic E-state index is 11.1. The van der Waals surface area contributed by atoms with Crippen LogP contribution in [-0.4, -0.2) is 4.92 Å². The molecule has 4 nitrogen and oxygen atoms in total. The zero-order chi connectivity index (χ0) is 15.5. The highest BCUT2D eigenvalue weighted by Crippen LogP contribution is 2.28. The van der Waals surface area contributed by atoms with Crippen molar-refractivity contribution in [2.24, 2.45) is 0 Å². The van der Waals surface area contributed by atoms with Crippen molar-refractivity contribution in [1.29, 1.82) is 0 Å². The lowest BCUT2D eigenvalue weighted by molar-refractivity contribution is -0.383. The van der Waals surface area contributed by atoms with E-state index in [4.69, 9.17) is 11.6 Å². The Kier molecular flexibility index (Phi) is 3.94. The van der Waals surface area contributed by atoms with Crippen LogP contribution in [0.25, 0.3) is 10.8 Å². The van der Waals surface area contributed by atoms with E-state index < -0.39 is 4.92 Å². The number of rotatable bonds is 4. The van der Waals surface area contributed by atoms with E-state index >= 15 is 0 Å². The van der Waals surface area contributed by atoms with Gasteiger partial charge in [-0.3, -0.25) is 10.1 Å². The van der Waals surface area contributed by atoms with Crippen LogP contribution in [0.5, 0.6) is 0 Å². The first-order valence-corrected chi connectivity index (χ1v) is 7.17. The molecule has 0 radical (unpaired) electrons. The van der Waals surface area contributed by atoms with Crippen molar-refractivity contribution in [3.05, 3.63) is 81.4 Å². The molecule has 5 heteroatoms. The highest BCUT2D eigenvalue weighted by Gasteiger charge is 2.14. The van der Waals surface area contributed by atoms with Gasteiger partial charge >= 0.3 is 0 Å². The topological polar surface area (TPSA) is 55.2 Å². The molecule has 0 amide bonds. The Morgan fingerprint density at radius 3 is 2.64 bits per heavy atom. The van der Waals surface area contributed by atoms with Crippen LogP contribution in [0.1, 0.15) is 5.56 Å².